The Morgan fingerprint density at radius 3 is 2.62 bits per heavy atom. The van der Waals surface area contributed by atoms with Crippen LogP contribution in [0.2, 0.25) is 10.0 Å². The smallest absolute Gasteiger partial charge is 0.128 e. The van der Waals surface area contributed by atoms with Crippen molar-refractivity contribution in [3.8, 4) is 11.4 Å². The molecule has 1 N–H and O–H groups in total. The molecule has 4 aromatic rings. The predicted molar refractivity (Wildman–Crippen MR) is 134 cm³/mol. The summed E-state index contributed by atoms with van der Waals surface area (Å²) in [5.41, 5.74) is 2.95. The van der Waals surface area contributed by atoms with Gasteiger partial charge in [0.25, 0.3) is 0 Å². The third-order valence-electron chi connectivity index (χ3n) is 6.68. The fourth-order valence-electron chi connectivity index (χ4n) is 4.69. The highest BCUT2D eigenvalue weighted by atomic mass is 35.5. The maximum atomic E-state index is 6.28. The third-order valence-corrected chi connectivity index (χ3v) is 7.28. The van der Waals surface area contributed by atoms with E-state index >= 15 is 0 Å². The quantitative estimate of drug-likeness (QED) is 0.410. The third kappa shape index (κ3) is 3.98. The molecule has 7 nitrogen and oxygen atoms in total. The van der Waals surface area contributed by atoms with Crippen LogP contribution in [-0.4, -0.2) is 44.9 Å². The van der Waals surface area contributed by atoms with Crippen LogP contribution in [0, 0.1) is 0 Å². The Morgan fingerprint density at radius 2 is 1.88 bits per heavy atom. The fourth-order valence-corrected chi connectivity index (χ4v) is 5.36. The Labute approximate surface area is 207 Å². The number of nitrogens with zero attached hydrogens (tertiary/aromatic N) is 5. The number of hydrogen-bond acceptors (Lipinski definition) is 6. The number of halogens is 2. The molecule has 1 spiro atoms. The van der Waals surface area contributed by atoms with Gasteiger partial charge in [-0.1, -0.05) is 23.2 Å². The molecule has 4 heterocycles. The average molecular weight is 495 g/mol. The predicted octanol–water partition coefficient (Wildman–Crippen LogP) is 5.20. The first-order valence-corrected chi connectivity index (χ1v) is 12.2. The topological polar surface area (TPSA) is 68.1 Å². The van der Waals surface area contributed by atoms with Crippen LogP contribution in [0.15, 0.2) is 55.1 Å². The molecule has 9 heteroatoms. The van der Waals surface area contributed by atoms with E-state index in [0.717, 1.165) is 47.6 Å². The molecule has 0 radical (unpaired) electrons. The minimum atomic E-state index is -0.327. The Morgan fingerprint density at radius 1 is 1.06 bits per heavy atom. The SMILES string of the molecule is C[C@@H](Oc1ccc2c(cnn2-c2ccc(N3CCNC4(CC4)C3)nc2)c1)c1c(Cl)cncc1Cl. The molecule has 174 valence electrons. The van der Waals surface area contributed by atoms with Gasteiger partial charge in [-0.25, -0.2) is 9.67 Å². The first-order chi connectivity index (χ1) is 16.5. The molecular formula is C25H24Cl2N6O. The van der Waals surface area contributed by atoms with E-state index in [0.29, 0.717) is 21.3 Å². The molecule has 1 saturated carbocycles. The molecule has 0 unspecified atom stereocenters. The van der Waals surface area contributed by atoms with Crippen LogP contribution < -0.4 is 15.0 Å². The lowest BCUT2D eigenvalue weighted by atomic mass is 10.1. The summed E-state index contributed by atoms with van der Waals surface area (Å²) in [7, 11) is 0. The van der Waals surface area contributed by atoms with Gasteiger partial charge >= 0.3 is 0 Å². The molecule has 1 aromatic carbocycles. The highest BCUT2D eigenvalue weighted by molar-refractivity contribution is 6.35. The molecule has 2 aliphatic rings. The molecule has 2 fully saturated rings. The Balaban J connectivity index is 1.21. The molecule has 34 heavy (non-hydrogen) atoms. The van der Waals surface area contributed by atoms with E-state index in [9.17, 15) is 0 Å². The van der Waals surface area contributed by atoms with E-state index in [4.69, 9.17) is 32.9 Å². The van der Waals surface area contributed by atoms with Gasteiger partial charge in [0.15, 0.2) is 0 Å². The van der Waals surface area contributed by atoms with E-state index in [1.807, 2.05) is 42.2 Å². The van der Waals surface area contributed by atoms with Crippen molar-refractivity contribution in [1.82, 2.24) is 25.1 Å². The standard InChI is InChI=1S/C25H24Cl2N6O/c1-16(24-20(26)13-28-14-21(24)27)34-19-3-4-22-17(10-19)11-31-33(22)18-2-5-23(29-12-18)32-9-8-30-25(15-32)6-7-25/h2-5,10-14,16,30H,6-9,15H2,1H3/t16-/m1/s1. The largest absolute Gasteiger partial charge is 0.486 e. The van der Waals surface area contributed by atoms with E-state index in [1.165, 1.54) is 12.8 Å². The normalized spacial score (nSPS) is 17.8. The summed E-state index contributed by atoms with van der Waals surface area (Å²) in [6, 6.07) is 10.1. The van der Waals surface area contributed by atoms with Crippen LogP contribution in [0.3, 0.4) is 0 Å². The fraction of sp³-hybridized carbons (Fsp3) is 0.320. The monoisotopic (exact) mass is 494 g/mol. The van der Waals surface area contributed by atoms with Gasteiger partial charge < -0.3 is 15.0 Å². The highest BCUT2D eigenvalue weighted by Crippen LogP contribution is 2.38. The second-order valence-corrected chi connectivity index (χ2v) is 9.87. The molecule has 1 aliphatic heterocycles. The van der Waals surface area contributed by atoms with Crippen molar-refractivity contribution >= 4 is 39.9 Å². The summed E-state index contributed by atoms with van der Waals surface area (Å²) in [6.45, 7) is 4.93. The van der Waals surface area contributed by atoms with Crippen molar-refractivity contribution in [2.24, 2.45) is 0 Å². The van der Waals surface area contributed by atoms with Gasteiger partial charge in [0, 0.05) is 48.5 Å². The number of aromatic nitrogens is 4. The van der Waals surface area contributed by atoms with Crippen molar-refractivity contribution in [2.45, 2.75) is 31.4 Å². The second kappa shape index (κ2) is 8.41. The summed E-state index contributed by atoms with van der Waals surface area (Å²) in [5, 5.41) is 10.2. The molecule has 3 aromatic heterocycles. The van der Waals surface area contributed by atoms with Gasteiger partial charge in [-0.2, -0.15) is 5.10 Å². The number of pyridine rings is 2. The first-order valence-electron chi connectivity index (χ1n) is 11.4. The Hall–Kier alpha value is -2.87. The number of ether oxygens (including phenoxy) is 1. The maximum absolute atomic E-state index is 6.28. The van der Waals surface area contributed by atoms with E-state index in [1.54, 1.807) is 12.4 Å². The van der Waals surface area contributed by atoms with Crippen LogP contribution in [0.1, 0.15) is 31.4 Å². The lowest BCUT2D eigenvalue weighted by molar-refractivity contribution is 0.227. The number of fused-ring (bicyclic) bond motifs is 1. The van der Waals surface area contributed by atoms with Gasteiger partial charge in [-0.05, 0) is 50.1 Å². The van der Waals surface area contributed by atoms with Gasteiger partial charge in [0.2, 0.25) is 0 Å². The summed E-state index contributed by atoms with van der Waals surface area (Å²) < 4.78 is 8.03. The zero-order valence-electron chi connectivity index (χ0n) is 18.7. The summed E-state index contributed by atoms with van der Waals surface area (Å²) >= 11 is 12.6. The molecule has 6 rings (SSSR count). The zero-order valence-corrected chi connectivity index (χ0v) is 20.2. The van der Waals surface area contributed by atoms with Crippen molar-refractivity contribution in [3.63, 3.8) is 0 Å². The number of benzene rings is 1. The number of anilines is 1. The van der Waals surface area contributed by atoms with E-state index < -0.39 is 0 Å². The second-order valence-electron chi connectivity index (χ2n) is 9.06. The summed E-state index contributed by atoms with van der Waals surface area (Å²) in [6.07, 6.45) is 9.06. The highest BCUT2D eigenvalue weighted by Gasteiger charge is 2.45. The average Bonchev–Trinajstić information content (AvgIpc) is 3.44. The van der Waals surface area contributed by atoms with Crippen LogP contribution in [0.5, 0.6) is 5.75 Å². The Kier molecular flexibility index (Phi) is 5.36. The number of nitrogens with one attached hydrogen (secondary N) is 1. The number of hydrogen-bond donors (Lipinski definition) is 1. The van der Waals surface area contributed by atoms with Crippen LogP contribution in [0.4, 0.5) is 5.82 Å². The molecular weight excluding hydrogens is 471 g/mol. The van der Waals surface area contributed by atoms with Crippen molar-refractivity contribution in [2.75, 3.05) is 24.5 Å². The minimum Gasteiger partial charge on any atom is -0.486 e. The van der Waals surface area contributed by atoms with Gasteiger partial charge in [-0.15, -0.1) is 0 Å². The lowest BCUT2D eigenvalue weighted by Crippen LogP contribution is -2.52. The molecule has 1 aliphatic carbocycles. The van der Waals surface area contributed by atoms with Crippen LogP contribution >= 0.6 is 23.2 Å². The number of piperazine rings is 1. The zero-order chi connectivity index (χ0) is 23.3. The molecule has 1 atom stereocenters. The minimum absolute atomic E-state index is 0.322. The van der Waals surface area contributed by atoms with Crippen LogP contribution in [0.25, 0.3) is 16.6 Å². The lowest BCUT2D eigenvalue weighted by Gasteiger charge is -2.34. The van der Waals surface area contributed by atoms with Gasteiger partial charge in [-0.3, -0.25) is 4.98 Å². The van der Waals surface area contributed by atoms with E-state index in [2.05, 4.69) is 32.4 Å². The van der Waals surface area contributed by atoms with Crippen LogP contribution in [-0.2, 0) is 0 Å². The van der Waals surface area contributed by atoms with Gasteiger partial charge in [0.05, 0.1) is 33.6 Å². The molecule has 1 saturated heterocycles. The molecule has 0 bridgehead atoms. The van der Waals surface area contributed by atoms with Gasteiger partial charge in [0.1, 0.15) is 17.7 Å². The molecule has 0 amide bonds. The summed E-state index contributed by atoms with van der Waals surface area (Å²) in [4.78, 5) is 11.1. The van der Waals surface area contributed by atoms with Crippen molar-refractivity contribution in [1.29, 1.82) is 0 Å². The van der Waals surface area contributed by atoms with Crippen molar-refractivity contribution < 1.29 is 4.74 Å². The maximum Gasteiger partial charge on any atom is 0.128 e. The number of rotatable bonds is 5. The van der Waals surface area contributed by atoms with E-state index in [-0.39, 0.29) is 6.10 Å². The Bertz CT molecular complexity index is 1330. The summed E-state index contributed by atoms with van der Waals surface area (Å²) in [5.74, 6) is 1.73. The van der Waals surface area contributed by atoms with Crippen molar-refractivity contribution in [3.05, 3.63) is 70.7 Å². The first kappa shape index (κ1) is 21.6.